The van der Waals surface area contributed by atoms with Gasteiger partial charge in [-0.1, -0.05) is 19.3 Å². The molecule has 6 heteroatoms. The maximum Gasteiger partial charge on any atom is 0.274 e. The summed E-state index contributed by atoms with van der Waals surface area (Å²) in [4.78, 5) is 17.4. The molecule has 0 unspecified atom stereocenters. The second-order valence-electron chi connectivity index (χ2n) is 7.55. The van der Waals surface area contributed by atoms with Gasteiger partial charge in [-0.2, -0.15) is 5.10 Å². The number of hydrogen-bond acceptors (Lipinski definition) is 4. The summed E-state index contributed by atoms with van der Waals surface area (Å²) in [7, 11) is 0. The molecule has 24 heavy (non-hydrogen) atoms. The number of H-pyrrole nitrogens is 1. The topological polar surface area (TPSA) is 64.3 Å². The number of nitrogens with zero attached hydrogens (tertiary/aromatic N) is 3. The lowest BCUT2D eigenvalue weighted by Gasteiger charge is -2.37. The molecule has 2 fully saturated rings. The first-order valence-corrected chi connectivity index (χ1v) is 9.60. The number of carbonyl (C=O) groups excluding carboxylic acids is 1. The fourth-order valence-corrected chi connectivity index (χ4v) is 4.42. The van der Waals surface area contributed by atoms with Gasteiger partial charge in [0.25, 0.3) is 5.91 Å². The Morgan fingerprint density at radius 2 is 1.92 bits per heavy atom. The van der Waals surface area contributed by atoms with E-state index in [0.717, 1.165) is 62.9 Å². The Kier molecular flexibility index (Phi) is 4.85. The minimum absolute atomic E-state index is 0.105. The Bertz CT molecular complexity index is 570. The first-order chi connectivity index (χ1) is 11.8. The minimum Gasteiger partial charge on any atom is -0.335 e. The first kappa shape index (κ1) is 16.1. The van der Waals surface area contributed by atoms with Gasteiger partial charge in [0, 0.05) is 63.5 Å². The number of carbonyl (C=O) groups is 1. The van der Waals surface area contributed by atoms with Crippen LogP contribution in [0.2, 0.25) is 0 Å². The molecule has 2 aliphatic heterocycles. The molecule has 1 aromatic heterocycles. The van der Waals surface area contributed by atoms with Crippen molar-refractivity contribution in [2.45, 2.75) is 45.1 Å². The second kappa shape index (κ2) is 7.23. The summed E-state index contributed by atoms with van der Waals surface area (Å²) in [6.45, 7) is 6.63. The van der Waals surface area contributed by atoms with Crippen molar-refractivity contribution < 1.29 is 4.79 Å². The molecule has 6 nitrogen and oxygen atoms in total. The van der Waals surface area contributed by atoms with Gasteiger partial charge in [-0.25, -0.2) is 0 Å². The van der Waals surface area contributed by atoms with E-state index in [-0.39, 0.29) is 5.91 Å². The Labute approximate surface area is 144 Å². The normalized spacial score (nSPS) is 23.2. The molecule has 1 aliphatic carbocycles. The number of aromatic amines is 1. The lowest BCUT2D eigenvalue weighted by atomic mass is 9.89. The van der Waals surface area contributed by atoms with Crippen molar-refractivity contribution in [3.63, 3.8) is 0 Å². The number of rotatable bonds is 3. The highest BCUT2D eigenvalue weighted by molar-refractivity contribution is 5.94. The molecule has 4 rings (SSSR count). The average Bonchev–Trinajstić information content (AvgIpc) is 3.07. The molecule has 3 aliphatic rings. The molecular formula is C18H29N5O. The van der Waals surface area contributed by atoms with Crippen LogP contribution in [0.3, 0.4) is 0 Å². The summed E-state index contributed by atoms with van der Waals surface area (Å²) in [6, 6.07) is 0. The predicted octanol–water partition coefficient (Wildman–Crippen LogP) is 1.39. The Morgan fingerprint density at radius 1 is 1.12 bits per heavy atom. The van der Waals surface area contributed by atoms with Gasteiger partial charge in [0.1, 0.15) is 0 Å². The summed E-state index contributed by atoms with van der Waals surface area (Å²) in [5.74, 6) is 0.985. The lowest BCUT2D eigenvalue weighted by molar-refractivity contribution is 0.0599. The maximum atomic E-state index is 12.8. The van der Waals surface area contributed by atoms with E-state index in [1.165, 1.54) is 38.6 Å². The summed E-state index contributed by atoms with van der Waals surface area (Å²) < 4.78 is 0. The number of amides is 1. The smallest absolute Gasteiger partial charge is 0.274 e. The highest BCUT2D eigenvalue weighted by Crippen LogP contribution is 2.25. The lowest BCUT2D eigenvalue weighted by Crippen LogP contribution is -2.50. The van der Waals surface area contributed by atoms with Crippen molar-refractivity contribution in [3.8, 4) is 0 Å². The number of nitrogens with one attached hydrogen (secondary N) is 2. The highest BCUT2D eigenvalue weighted by atomic mass is 16.2. The van der Waals surface area contributed by atoms with Crippen LogP contribution in [-0.4, -0.2) is 65.2 Å². The molecule has 3 heterocycles. The molecule has 2 N–H and O–H groups in total. The highest BCUT2D eigenvalue weighted by Gasteiger charge is 2.28. The molecule has 1 saturated heterocycles. The summed E-state index contributed by atoms with van der Waals surface area (Å²) >= 11 is 0. The van der Waals surface area contributed by atoms with E-state index in [1.54, 1.807) is 0 Å². The van der Waals surface area contributed by atoms with Crippen molar-refractivity contribution in [2.75, 3.05) is 39.3 Å². The summed E-state index contributed by atoms with van der Waals surface area (Å²) in [5, 5.41) is 10.7. The van der Waals surface area contributed by atoms with Crippen LogP contribution in [0.5, 0.6) is 0 Å². The number of aromatic nitrogens is 2. The van der Waals surface area contributed by atoms with Crippen LogP contribution in [0.4, 0.5) is 0 Å². The first-order valence-electron chi connectivity index (χ1n) is 9.60. The fourth-order valence-electron chi connectivity index (χ4n) is 4.42. The summed E-state index contributed by atoms with van der Waals surface area (Å²) in [5.41, 5.74) is 2.85. The van der Waals surface area contributed by atoms with E-state index in [2.05, 4.69) is 20.4 Å². The van der Waals surface area contributed by atoms with Gasteiger partial charge in [0.15, 0.2) is 5.69 Å². The van der Waals surface area contributed by atoms with Crippen molar-refractivity contribution in [1.82, 2.24) is 25.3 Å². The molecule has 0 bridgehead atoms. The van der Waals surface area contributed by atoms with Crippen molar-refractivity contribution in [1.29, 1.82) is 0 Å². The van der Waals surface area contributed by atoms with Crippen molar-refractivity contribution in [2.24, 2.45) is 5.92 Å². The van der Waals surface area contributed by atoms with E-state index in [0.29, 0.717) is 5.69 Å². The Balaban J connectivity index is 1.32. The van der Waals surface area contributed by atoms with Gasteiger partial charge in [-0.15, -0.1) is 0 Å². The maximum absolute atomic E-state index is 12.8. The monoisotopic (exact) mass is 331 g/mol. The van der Waals surface area contributed by atoms with E-state index >= 15 is 0 Å². The molecule has 1 amide bonds. The Hall–Kier alpha value is -1.40. The zero-order valence-corrected chi connectivity index (χ0v) is 14.5. The third kappa shape index (κ3) is 3.35. The average molecular weight is 331 g/mol. The molecule has 0 atom stereocenters. The van der Waals surface area contributed by atoms with Crippen LogP contribution in [0, 0.1) is 5.92 Å². The molecule has 0 aromatic carbocycles. The van der Waals surface area contributed by atoms with E-state index in [4.69, 9.17) is 0 Å². The van der Waals surface area contributed by atoms with Crippen LogP contribution in [0.15, 0.2) is 0 Å². The third-order valence-electron chi connectivity index (χ3n) is 5.91. The molecule has 0 spiro atoms. The number of piperazine rings is 1. The molecule has 132 valence electrons. The van der Waals surface area contributed by atoms with E-state index < -0.39 is 0 Å². The zero-order valence-electron chi connectivity index (χ0n) is 14.5. The van der Waals surface area contributed by atoms with Gasteiger partial charge >= 0.3 is 0 Å². The van der Waals surface area contributed by atoms with E-state index in [1.807, 2.05) is 4.90 Å². The Morgan fingerprint density at radius 3 is 2.71 bits per heavy atom. The molecule has 1 saturated carbocycles. The van der Waals surface area contributed by atoms with E-state index in [9.17, 15) is 4.79 Å². The van der Waals surface area contributed by atoms with Crippen LogP contribution < -0.4 is 5.32 Å². The van der Waals surface area contributed by atoms with Gasteiger partial charge in [0.2, 0.25) is 0 Å². The van der Waals surface area contributed by atoms with Gasteiger partial charge in [-0.3, -0.25) is 14.8 Å². The second-order valence-corrected chi connectivity index (χ2v) is 7.55. The van der Waals surface area contributed by atoms with Crippen molar-refractivity contribution >= 4 is 5.91 Å². The quantitative estimate of drug-likeness (QED) is 0.879. The predicted molar refractivity (Wildman–Crippen MR) is 92.9 cm³/mol. The zero-order chi connectivity index (χ0) is 16.4. The van der Waals surface area contributed by atoms with Crippen molar-refractivity contribution in [3.05, 3.63) is 17.0 Å². The van der Waals surface area contributed by atoms with Gasteiger partial charge < -0.3 is 10.2 Å². The summed E-state index contributed by atoms with van der Waals surface area (Å²) in [6.07, 6.45) is 7.95. The third-order valence-corrected chi connectivity index (χ3v) is 5.91. The number of hydrogen-bond donors (Lipinski definition) is 2. The van der Waals surface area contributed by atoms with Crippen LogP contribution in [0.1, 0.15) is 53.8 Å². The minimum atomic E-state index is 0.105. The molecule has 0 radical (unpaired) electrons. The van der Waals surface area contributed by atoms with Crippen LogP contribution >= 0.6 is 0 Å². The fraction of sp³-hybridized carbons (Fsp3) is 0.778. The standard InChI is InChI=1S/C18H29N5O/c24-18(17-15-12-19-7-6-16(15)20-21-17)23-10-8-22(9-11-23)13-14-4-2-1-3-5-14/h14,19H,1-13H2,(H,20,21). The van der Waals surface area contributed by atoms with Crippen LogP contribution in [0.25, 0.3) is 0 Å². The van der Waals surface area contributed by atoms with Crippen LogP contribution in [-0.2, 0) is 13.0 Å². The SMILES string of the molecule is O=C(c1n[nH]c2c1CNCC2)N1CCN(CC2CCCCC2)CC1. The molecular weight excluding hydrogens is 302 g/mol. The van der Waals surface area contributed by atoms with Gasteiger partial charge in [-0.05, 0) is 18.8 Å². The van der Waals surface area contributed by atoms with Gasteiger partial charge in [0.05, 0.1) is 0 Å². The number of fused-ring (bicyclic) bond motifs is 1. The molecule has 1 aromatic rings. The largest absolute Gasteiger partial charge is 0.335 e.